The van der Waals surface area contributed by atoms with Gasteiger partial charge in [-0.15, -0.1) is 0 Å². The molecule has 4 aromatic carbocycles. The number of nitrogens with one attached hydrogen (secondary N) is 12. The highest BCUT2D eigenvalue weighted by Gasteiger charge is 2.29. The smallest absolute Gasteiger partial charge is 0.255 e. The Morgan fingerprint density at radius 2 is 0.430 bits per heavy atom. The summed E-state index contributed by atoms with van der Waals surface area (Å²) in [4.78, 5) is 168. The second-order valence-corrected chi connectivity index (χ2v) is 22.9. The van der Waals surface area contributed by atoms with Crippen molar-refractivity contribution in [2.45, 2.75) is 79.1 Å². The number of carbonyl (C=O) groups is 12. The van der Waals surface area contributed by atoms with E-state index in [0.29, 0.717) is 51.9 Å². The molecule has 4 aromatic rings. The predicted octanol–water partition coefficient (Wildman–Crippen LogP) is 2.90. The number of benzene rings is 4. The van der Waals surface area contributed by atoms with Crippen LogP contribution in [0.3, 0.4) is 0 Å². The lowest BCUT2D eigenvalue weighted by atomic mass is 10.0. The highest BCUT2D eigenvalue weighted by Crippen LogP contribution is 2.30. The first-order valence-corrected chi connectivity index (χ1v) is 33.6. The third kappa shape index (κ3) is 23.7. The van der Waals surface area contributed by atoms with Gasteiger partial charge < -0.3 is 82.7 Å². The third-order valence-electron chi connectivity index (χ3n) is 15.9. The van der Waals surface area contributed by atoms with Crippen molar-refractivity contribution in [3.63, 3.8) is 0 Å². The first kappa shape index (κ1) is 82.1. The van der Waals surface area contributed by atoms with Crippen molar-refractivity contribution in [3.05, 3.63) is 115 Å². The lowest BCUT2D eigenvalue weighted by Crippen LogP contribution is -2.46. The molecule has 0 saturated carbocycles. The van der Waals surface area contributed by atoms with Crippen molar-refractivity contribution in [1.82, 2.24) is 73.6 Å². The minimum absolute atomic E-state index is 0.0326. The molecule has 12 N–H and O–H groups in total. The fourth-order valence-electron chi connectivity index (χ4n) is 10.4. The van der Waals surface area contributed by atoms with Crippen molar-refractivity contribution >= 4 is 70.9 Å². The molecule has 0 saturated heterocycles. The van der Waals surface area contributed by atoms with Gasteiger partial charge in [0.15, 0.2) is 0 Å². The molecule has 0 aliphatic heterocycles. The number of carbonyl (C=O) groups excluding carboxylic acids is 12. The second kappa shape index (κ2) is 43.1. The van der Waals surface area contributed by atoms with Crippen LogP contribution in [-0.2, 0) is 0 Å². The Balaban J connectivity index is 1.81. The Hall–Kier alpha value is -10.4. The first-order valence-electron chi connectivity index (χ1n) is 33.6. The van der Waals surface area contributed by atoms with Crippen LogP contribution in [0.4, 0.5) is 0 Å². The first-order chi connectivity index (χ1) is 48.1. The van der Waals surface area contributed by atoms with Crippen LogP contribution in [0.15, 0.2) is 48.5 Å². The molecule has 30 nitrogen and oxygen atoms in total. The van der Waals surface area contributed by atoms with Crippen LogP contribution in [0.25, 0.3) is 0 Å². The molecule has 0 aromatic heterocycles. The third-order valence-corrected chi connectivity index (χ3v) is 15.9. The number of rotatable bonds is 43. The molecule has 0 aliphatic carbocycles. The van der Waals surface area contributed by atoms with Gasteiger partial charge in [0.05, 0.1) is 72.9 Å². The van der Waals surface area contributed by atoms with Gasteiger partial charge >= 0.3 is 0 Å². The van der Waals surface area contributed by atoms with Gasteiger partial charge in [-0.25, -0.2) is 0 Å². The topological polar surface area (TPSA) is 393 Å². The van der Waals surface area contributed by atoms with E-state index in [1.54, 1.807) is 0 Å². The van der Waals surface area contributed by atoms with Crippen molar-refractivity contribution in [3.8, 4) is 23.0 Å². The number of ether oxygens (including phenoxy) is 4. The van der Waals surface area contributed by atoms with E-state index < -0.39 is 70.9 Å². The molecule has 0 fully saturated rings. The maximum absolute atomic E-state index is 14.3. The molecular formula is C70H100N14O16. The number of unbranched alkanes of at least 4 members (excludes halogenated alkanes) is 4. The zero-order valence-corrected chi connectivity index (χ0v) is 59.6. The Bertz CT molecular complexity index is 3090. The zero-order valence-electron chi connectivity index (χ0n) is 59.6. The standard InChI is InChI=1S/C70H100N14O16/c1-13-17-21-75-59(85)43-35-47(63(89)71-5)55(97-9)51(39-43)67(93)79-25-29-83(30-26-80-68(94)52-40-44(60(86)76-22-18-14-2)36-48(56(52)98-10)64(90)72-6)33-34-84(31-27-81-69(95)53-41-45(61(87)77-23-19-15-3)37-49(57(53)99-11)65(91)73-7)32-28-82-70(96)54-42-46(62(88)78-24-20-16-4)38-50(58(54)100-12)66(92)74-8/h35-42H,13-34H2,1-12H3,(H,71,89)(H,72,90)(H,73,91)(H,74,92)(H,75,85)(H,76,86)(H,77,87)(H,78,88)(H,79,93)(H,80,94)(H,81,95)(H,82,96). The summed E-state index contributed by atoms with van der Waals surface area (Å²) in [5, 5.41) is 32.9. The highest BCUT2D eigenvalue weighted by atomic mass is 16.5. The molecular weight excluding hydrogens is 1290 g/mol. The molecule has 30 heteroatoms. The van der Waals surface area contributed by atoms with E-state index in [1.165, 1.54) is 105 Å². The zero-order chi connectivity index (χ0) is 73.8. The molecule has 4 rings (SSSR count). The van der Waals surface area contributed by atoms with Gasteiger partial charge in [0.1, 0.15) is 23.0 Å². The maximum Gasteiger partial charge on any atom is 0.255 e. The summed E-state index contributed by atoms with van der Waals surface area (Å²) in [7, 11) is 10.7. The van der Waals surface area contributed by atoms with E-state index in [2.05, 4.69) is 63.8 Å². The van der Waals surface area contributed by atoms with Gasteiger partial charge in [0.2, 0.25) is 0 Å². The Morgan fingerprint density at radius 1 is 0.260 bits per heavy atom. The van der Waals surface area contributed by atoms with Crippen LogP contribution >= 0.6 is 0 Å². The van der Waals surface area contributed by atoms with Gasteiger partial charge in [-0.2, -0.15) is 0 Å². The molecule has 0 unspecified atom stereocenters. The van der Waals surface area contributed by atoms with Gasteiger partial charge in [-0.1, -0.05) is 53.4 Å². The molecule has 546 valence electrons. The number of hydrogen-bond acceptors (Lipinski definition) is 18. The van der Waals surface area contributed by atoms with Gasteiger partial charge in [-0.05, 0) is 74.2 Å². The predicted molar refractivity (Wildman–Crippen MR) is 377 cm³/mol. The molecule has 0 heterocycles. The molecule has 0 atom stereocenters. The molecule has 12 amide bonds. The summed E-state index contributed by atoms with van der Waals surface area (Å²) < 4.78 is 22.5. The monoisotopic (exact) mass is 1390 g/mol. The van der Waals surface area contributed by atoms with Crippen LogP contribution < -0.4 is 82.7 Å². The van der Waals surface area contributed by atoms with Crippen LogP contribution in [0.1, 0.15) is 203 Å². The Morgan fingerprint density at radius 3 is 0.590 bits per heavy atom. The number of hydrogen-bond donors (Lipinski definition) is 12. The minimum Gasteiger partial charge on any atom is -0.495 e. The van der Waals surface area contributed by atoms with Gasteiger partial charge in [-0.3, -0.25) is 67.3 Å². The fourth-order valence-corrected chi connectivity index (χ4v) is 10.4. The quantitative estimate of drug-likeness (QED) is 0.0283. The summed E-state index contributed by atoms with van der Waals surface area (Å²) in [5.74, 6) is -7.72. The molecule has 0 bridgehead atoms. The Labute approximate surface area is 584 Å². The highest BCUT2D eigenvalue weighted by molar-refractivity contribution is 6.11. The Kier molecular flexibility index (Phi) is 35.4. The largest absolute Gasteiger partial charge is 0.495 e. The SMILES string of the molecule is CCCCNC(=O)c1cc(C(=O)NC)c(OC)c(C(=O)NCCN(CCNC(=O)c2cc(C(=O)NCCCC)cc(C(=O)NC)c2OC)CCN(CCNC(=O)c2cc(C(=O)NCCCC)cc(C(=O)NC)c2OC)CCNC(=O)c2cc(C(=O)NCCCC)cc(C(=O)NC)c2OC)c1. The summed E-state index contributed by atoms with van der Waals surface area (Å²) in [6.07, 6.45) is 5.93. The molecule has 0 radical (unpaired) electrons. The van der Waals surface area contributed by atoms with Crippen LogP contribution in [0.5, 0.6) is 23.0 Å². The van der Waals surface area contributed by atoms with E-state index in [0.717, 1.165) is 25.7 Å². The average Bonchev–Trinajstić information content (AvgIpc) is 0.822. The lowest BCUT2D eigenvalue weighted by Gasteiger charge is -2.28. The van der Waals surface area contributed by atoms with E-state index in [4.69, 9.17) is 18.9 Å². The van der Waals surface area contributed by atoms with Gasteiger partial charge in [0.25, 0.3) is 70.9 Å². The molecule has 100 heavy (non-hydrogen) atoms. The minimum atomic E-state index is -0.701. The second-order valence-electron chi connectivity index (χ2n) is 22.9. The summed E-state index contributed by atoms with van der Waals surface area (Å²) in [6, 6.07) is 10.7. The van der Waals surface area contributed by atoms with Gasteiger partial charge in [0, 0.05) is 142 Å². The number of methoxy groups -OCH3 is 4. The normalized spacial score (nSPS) is 10.7. The van der Waals surface area contributed by atoms with Crippen LogP contribution in [0.2, 0.25) is 0 Å². The fraction of sp³-hybridized carbons (Fsp3) is 0.486. The van der Waals surface area contributed by atoms with Crippen molar-refractivity contribution in [1.29, 1.82) is 0 Å². The van der Waals surface area contributed by atoms with Crippen molar-refractivity contribution < 1.29 is 76.5 Å². The number of nitrogens with zero attached hydrogens (tertiary/aromatic N) is 2. The van der Waals surface area contributed by atoms with E-state index >= 15 is 0 Å². The van der Waals surface area contributed by atoms with Crippen molar-refractivity contribution in [2.75, 3.05) is 148 Å². The number of amides is 12. The van der Waals surface area contributed by atoms with E-state index in [9.17, 15) is 57.5 Å². The summed E-state index contributed by atoms with van der Waals surface area (Å²) >= 11 is 0. The summed E-state index contributed by atoms with van der Waals surface area (Å²) in [6.45, 7) is 9.54. The van der Waals surface area contributed by atoms with E-state index in [1.807, 2.05) is 37.5 Å². The lowest BCUT2D eigenvalue weighted by molar-refractivity contribution is 0.0913. The van der Waals surface area contributed by atoms with E-state index in [-0.39, 0.29) is 155 Å². The van der Waals surface area contributed by atoms with Crippen LogP contribution in [-0.4, -0.2) is 229 Å². The maximum atomic E-state index is 14.3. The average molecular weight is 1390 g/mol. The molecule has 0 spiro atoms. The molecule has 0 aliphatic rings. The summed E-state index contributed by atoms with van der Waals surface area (Å²) in [5.41, 5.74) is -0.586. The van der Waals surface area contributed by atoms with Crippen molar-refractivity contribution in [2.24, 2.45) is 0 Å². The van der Waals surface area contributed by atoms with Crippen LogP contribution in [0, 0.1) is 0 Å².